The number of thiol groups is 1. The fraction of sp³-hybridized carbons (Fsp3) is 0.417. The number of methoxy groups -OCH3 is 1. The Balaban J connectivity index is 2.74. The summed E-state index contributed by atoms with van der Waals surface area (Å²) in [6.45, 7) is 4.20. The molecule has 0 bridgehead atoms. The molecule has 0 atom stereocenters. The zero-order chi connectivity index (χ0) is 13.1. The van der Waals surface area contributed by atoms with Gasteiger partial charge in [-0.25, -0.2) is 0 Å². The summed E-state index contributed by atoms with van der Waals surface area (Å²) in [4.78, 5) is 12.6. The van der Waals surface area contributed by atoms with Crippen molar-refractivity contribution in [3.63, 3.8) is 0 Å². The summed E-state index contributed by atoms with van der Waals surface area (Å²) in [7, 11) is 1.60. The maximum Gasteiger partial charge on any atom is 0.252 e. The number of carbonyl (C=O) groups is 1. The molecule has 0 aromatic heterocycles. The first-order valence-electron chi connectivity index (χ1n) is 5.17. The molecule has 1 N–H and O–H groups in total. The minimum absolute atomic E-state index is 0.226. The Morgan fingerprint density at radius 1 is 1.53 bits per heavy atom. The lowest BCUT2D eigenvalue weighted by atomic mass is 10.1. The SMILES string of the molecule is COC(C)(C)CNC(=O)c1cc(S)ccc1Cl. The Hall–Kier alpha value is -0.710. The highest BCUT2D eigenvalue weighted by Crippen LogP contribution is 2.19. The number of halogens is 1. The molecule has 0 heterocycles. The van der Waals surface area contributed by atoms with E-state index in [0.717, 1.165) is 0 Å². The van der Waals surface area contributed by atoms with Crippen molar-refractivity contribution in [1.29, 1.82) is 0 Å². The number of ether oxygens (including phenoxy) is 1. The molecule has 0 aliphatic heterocycles. The first-order chi connectivity index (χ1) is 7.85. The van der Waals surface area contributed by atoms with Crippen molar-refractivity contribution in [2.75, 3.05) is 13.7 Å². The Labute approximate surface area is 112 Å². The minimum Gasteiger partial charge on any atom is -0.377 e. The van der Waals surface area contributed by atoms with Crippen molar-refractivity contribution < 1.29 is 9.53 Å². The van der Waals surface area contributed by atoms with Crippen LogP contribution in [-0.2, 0) is 4.74 Å². The van der Waals surface area contributed by atoms with E-state index >= 15 is 0 Å². The molecule has 1 aromatic carbocycles. The van der Waals surface area contributed by atoms with Gasteiger partial charge in [0.2, 0.25) is 0 Å². The van der Waals surface area contributed by atoms with Crippen LogP contribution in [0.2, 0.25) is 5.02 Å². The predicted octanol–water partition coefficient (Wildman–Crippen LogP) is 2.78. The van der Waals surface area contributed by atoms with Crippen molar-refractivity contribution in [2.24, 2.45) is 0 Å². The van der Waals surface area contributed by atoms with Crippen molar-refractivity contribution in [1.82, 2.24) is 5.32 Å². The van der Waals surface area contributed by atoms with E-state index < -0.39 is 5.60 Å². The Bertz CT molecular complexity index is 421. The summed E-state index contributed by atoms with van der Waals surface area (Å²) in [6.07, 6.45) is 0. The number of rotatable bonds is 4. The molecule has 94 valence electrons. The van der Waals surface area contributed by atoms with E-state index in [9.17, 15) is 4.79 Å². The molecule has 1 aromatic rings. The van der Waals surface area contributed by atoms with Crippen LogP contribution in [0.5, 0.6) is 0 Å². The number of nitrogens with one attached hydrogen (secondary N) is 1. The van der Waals surface area contributed by atoms with Gasteiger partial charge in [0, 0.05) is 18.6 Å². The molecule has 0 fully saturated rings. The molecule has 0 saturated carbocycles. The monoisotopic (exact) mass is 273 g/mol. The maximum absolute atomic E-state index is 11.9. The van der Waals surface area contributed by atoms with Gasteiger partial charge >= 0.3 is 0 Å². The number of carbonyl (C=O) groups excluding carboxylic acids is 1. The highest BCUT2D eigenvalue weighted by atomic mass is 35.5. The average Bonchev–Trinajstić information content (AvgIpc) is 2.29. The topological polar surface area (TPSA) is 38.3 Å². The second kappa shape index (κ2) is 5.76. The van der Waals surface area contributed by atoms with Crippen LogP contribution in [0.15, 0.2) is 23.1 Å². The Morgan fingerprint density at radius 3 is 2.76 bits per heavy atom. The fourth-order valence-corrected chi connectivity index (χ4v) is 1.55. The third kappa shape index (κ3) is 4.22. The fourth-order valence-electron chi connectivity index (χ4n) is 1.15. The molecule has 1 amide bonds. The molecular formula is C12H16ClNO2S. The summed E-state index contributed by atoms with van der Waals surface area (Å²) in [6, 6.07) is 5.03. The van der Waals surface area contributed by atoms with Crippen LogP contribution in [-0.4, -0.2) is 25.2 Å². The molecule has 0 aliphatic carbocycles. The molecule has 0 aliphatic rings. The summed E-state index contributed by atoms with van der Waals surface area (Å²) in [5.74, 6) is -0.226. The first kappa shape index (κ1) is 14.4. The van der Waals surface area contributed by atoms with Crippen molar-refractivity contribution in [3.8, 4) is 0 Å². The van der Waals surface area contributed by atoms with E-state index in [1.54, 1.807) is 25.3 Å². The van der Waals surface area contributed by atoms with E-state index in [-0.39, 0.29) is 5.91 Å². The smallest absolute Gasteiger partial charge is 0.252 e. The van der Waals surface area contributed by atoms with E-state index in [4.69, 9.17) is 16.3 Å². The van der Waals surface area contributed by atoms with Crippen molar-refractivity contribution in [2.45, 2.75) is 24.3 Å². The summed E-state index contributed by atoms with van der Waals surface area (Å²) < 4.78 is 5.22. The standard InChI is InChI=1S/C12H16ClNO2S/c1-12(2,16-3)7-14-11(15)9-6-8(17)4-5-10(9)13/h4-6,17H,7H2,1-3H3,(H,14,15). The van der Waals surface area contributed by atoms with Crippen LogP contribution < -0.4 is 5.32 Å². The van der Waals surface area contributed by atoms with Gasteiger partial charge in [-0.05, 0) is 32.0 Å². The Morgan fingerprint density at radius 2 is 2.18 bits per heavy atom. The summed E-state index contributed by atoms with van der Waals surface area (Å²) >= 11 is 10.1. The van der Waals surface area contributed by atoms with Crippen LogP contribution in [0, 0.1) is 0 Å². The van der Waals surface area contributed by atoms with E-state index in [2.05, 4.69) is 17.9 Å². The van der Waals surface area contributed by atoms with E-state index in [1.807, 2.05) is 13.8 Å². The van der Waals surface area contributed by atoms with Crippen molar-refractivity contribution >= 4 is 30.1 Å². The van der Waals surface area contributed by atoms with E-state index in [1.165, 1.54) is 0 Å². The quantitative estimate of drug-likeness (QED) is 0.828. The average molecular weight is 274 g/mol. The maximum atomic E-state index is 11.9. The molecule has 0 unspecified atom stereocenters. The largest absolute Gasteiger partial charge is 0.377 e. The van der Waals surface area contributed by atoms with Gasteiger partial charge in [0.25, 0.3) is 5.91 Å². The number of amides is 1. The van der Waals surface area contributed by atoms with Gasteiger partial charge < -0.3 is 10.1 Å². The first-order valence-corrected chi connectivity index (χ1v) is 6.00. The third-order valence-corrected chi connectivity index (χ3v) is 3.03. The van der Waals surface area contributed by atoms with Gasteiger partial charge in [0.05, 0.1) is 16.2 Å². The lowest BCUT2D eigenvalue weighted by molar-refractivity contribution is 0.0229. The second-order valence-electron chi connectivity index (χ2n) is 4.31. The van der Waals surface area contributed by atoms with Crippen LogP contribution >= 0.6 is 24.2 Å². The second-order valence-corrected chi connectivity index (χ2v) is 5.23. The lowest BCUT2D eigenvalue weighted by Crippen LogP contribution is -2.39. The zero-order valence-electron chi connectivity index (χ0n) is 10.1. The number of hydrogen-bond donors (Lipinski definition) is 2. The van der Waals surface area contributed by atoms with Gasteiger partial charge in [-0.3, -0.25) is 4.79 Å². The molecule has 3 nitrogen and oxygen atoms in total. The number of benzene rings is 1. The van der Waals surface area contributed by atoms with Crippen LogP contribution in [0.1, 0.15) is 24.2 Å². The van der Waals surface area contributed by atoms with Crippen molar-refractivity contribution in [3.05, 3.63) is 28.8 Å². The molecule has 0 saturated heterocycles. The zero-order valence-corrected chi connectivity index (χ0v) is 11.7. The third-order valence-electron chi connectivity index (χ3n) is 2.42. The number of hydrogen-bond acceptors (Lipinski definition) is 3. The van der Waals surface area contributed by atoms with Gasteiger partial charge in [0.15, 0.2) is 0 Å². The molecule has 0 radical (unpaired) electrons. The van der Waals surface area contributed by atoms with Gasteiger partial charge in [-0.1, -0.05) is 11.6 Å². The Kier molecular flexibility index (Phi) is 4.86. The van der Waals surface area contributed by atoms with Crippen LogP contribution in [0.25, 0.3) is 0 Å². The molecule has 1 rings (SSSR count). The molecule has 0 spiro atoms. The highest BCUT2D eigenvalue weighted by molar-refractivity contribution is 7.80. The molecular weight excluding hydrogens is 258 g/mol. The predicted molar refractivity (Wildman–Crippen MR) is 72.1 cm³/mol. The normalized spacial score (nSPS) is 11.4. The summed E-state index contributed by atoms with van der Waals surface area (Å²) in [5, 5.41) is 3.19. The van der Waals surface area contributed by atoms with Crippen LogP contribution in [0.3, 0.4) is 0 Å². The van der Waals surface area contributed by atoms with Gasteiger partial charge in [0.1, 0.15) is 0 Å². The van der Waals surface area contributed by atoms with E-state index in [0.29, 0.717) is 22.0 Å². The minimum atomic E-state index is -0.402. The molecule has 5 heteroatoms. The molecule has 17 heavy (non-hydrogen) atoms. The lowest BCUT2D eigenvalue weighted by Gasteiger charge is -2.23. The highest BCUT2D eigenvalue weighted by Gasteiger charge is 2.18. The van der Waals surface area contributed by atoms with Gasteiger partial charge in [-0.2, -0.15) is 0 Å². The van der Waals surface area contributed by atoms with Gasteiger partial charge in [-0.15, -0.1) is 12.6 Å². The van der Waals surface area contributed by atoms with Crippen LogP contribution in [0.4, 0.5) is 0 Å². The summed E-state index contributed by atoms with van der Waals surface area (Å²) in [5.41, 5.74) is 0.0202.